The van der Waals surface area contributed by atoms with Crippen LogP contribution in [-0.2, 0) is 11.4 Å². The van der Waals surface area contributed by atoms with Gasteiger partial charge in [-0.3, -0.25) is 4.79 Å². The Kier molecular flexibility index (Phi) is 4.74. The van der Waals surface area contributed by atoms with Gasteiger partial charge < -0.3 is 10.1 Å². The Hall–Kier alpha value is -1.88. The van der Waals surface area contributed by atoms with Crippen LogP contribution in [-0.4, -0.2) is 5.91 Å². The topological polar surface area (TPSA) is 38.3 Å². The minimum atomic E-state index is -0.306. The molecule has 0 aromatic heterocycles. The third kappa shape index (κ3) is 3.81. The van der Waals surface area contributed by atoms with Gasteiger partial charge in [0, 0.05) is 17.0 Å². The second kappa shape index (κ2) is 6.52. The smallest absolute Gasteiger partial charge is 0.221 e. The molecule has 20 heavy (non-hydrogen) atoms. The molecular weight excluding hydrogens is 325 g/mol. The lowest BCUT2D eigenvalue weighted by Gasteiger charge is -2.12. The summed E-state index contributed by atoms with van der Waals surface area (Å²) >= 11 is 3.29. The molecule has 0 saturated carbocycles. The Morgan fingerprint density at radius 3 is 2.75 bits per heavy atom. The molecule has 0 saturated heterocycles. The van der Waals surface area contributed by atoms with E-state index in [1.54, 1.807) is 18.2 Å². The minimum absolute atomic E-state index is 0.163. The predicted molar refractivity (Wildman–Crippen MR) is 79.2 cm³/mol. The average Bonchev–Trinajstić information content (AvgIpc) is 2.39. The first-order valence-electron chi connectivity index (χ1n) is 5.99. The van der Waals surface area contributed by atoms with Crippen molar-refractivity contribution in [3.63, 3.8) is 0 Å². The normalized spacial score (nSPS) is 10.2. The summed E-state index contributed by atoms with van der Waals surface area (Å²) in [6.07, 6.45) is 0. The molecule has 0 aliphatic heterocycles. The van der Waals surface area contributed by atoms with Crippen LogP contribution < -0.4 is 10.1 Å². The highest BCUT2D eigenvalue weighted by Gasteiger charge is 2.07. The van der Waals surface area contributed by atoms with Gasteiger partial charge in [0.05, 0.1) is 5.69 Å². The van der Waals surface area contributed by atoms with Gasteiger partial charge in [0.15, 0.2) is 0 Å². The molecule has 0 aliphatic rings. The Morgan fingerprint density at radius 2 is 2.05 bits per heavy atom. The fraction of sp³-hybridized carbons (Fsp3) is 0.133. The van der Waals surface area contributed by atoms with Crippen LogP contribution in [0.3, 0.4) is 0 Å². The molecule has 2 rings (SSSR count). The lowest BCUT2D eigenvalue weighted by molar-refractivity contribution is -0.114. The second-order valence-electron chi connectivity index (χ2n) is 4.20. The fourth-order valence-electron chi connectivity index (χ4n) is 1.68. The first kappa shape index (κ1) is 14.5. The Labute approximate surface area is 124 Å². The summed E-state index contributed by atoms with van der Waals surface area (Å²) in [7, 11) is 0. The predicted octanol–water partition coefficient (Wildman–Crippen LogP) is 4.13. The number of benzene rings is 2. The third-order valence-corrected chi connectivity index (χ3v) is 3.33. The molecule has 3 nitrogen and oxygen atoms in total. The van der Waals surface area contributed by atoms with E-state index in [1.165, 1.54) is 19.1 Å². The van der Waals surface area contributed by atoms with E-state index in [0.29, 0.717) is 15.9 Å². The van der Waals surface area contributed by atoms with Crippen molar-refractivity contribution in [1.82, 2.24) is 0 Å². The van der Waals surface area contributed by atoms with E-state index in [-0.39, 0.29) is 18.3 Å². The lowest BCUT2D eigenvalue weighted by Crippen LogP contribution is -2.08. The molecule has 5 heteroatoms. The van der Waals surface area contributed by atoms with Crippen LogP contribution in [0.5, 0.6) is 5.75 Å². The number of ether oxygens (including phenoxy) is 1. The quantitative estimate of drug-likeness (QED) is 0.911. The molecule has 104 valence electrons. The van der Waals surface area contributed by atoms with Crippen LogP contribution in [0.4, 0.5) is 10.1 Å². The van der Waals surface area contributed by atoms with Crippen LogP contribution in [0.2, 0.25) is 0 Å². The number of nitrogens with one attached hydrogen (secondary N) is 1. The van der Waals surface area contributed by atoms with Crippen molar-refractivity contribution >= 4 is 27.5 Å². The number of carbonyl (C=O) groups excluding carboxylic acids is 1. The maximum atomic E-state index is 13.0. The van der Waals surface area contributed by atoms with Crippen molar-refractivity contribution in [1.29, 1.82) is 0 Å². The molecule has 0 bridgehead atoms. The van der Waals surface area contributed by atoms with E-state index < -0.39 is 0 Å². The summed E-state index contributed by atoms with van der Waals surface area (Å²) in [5, 5.41) is 2.70. The molecular formula is C15H13BrFNO2. The van der Waals surface area contributed by atoms with Crippen molar-refractivity contribution in [3.05, 3.63) is 58.3 Å². The molecule has 1 N–H and O–H groups in total. The highest BCUT2D eigenvalue weighted by molar-refractivity contribution is 9.10. The highest BCUT2D eigenvalue weighted by atomic mass is 79.9. The summed E-state index contributed by atoms with van der Waals surface area (Å²) in [6.45, 7) is 1.71. The molecule has 0 unspecified atom stereocenters. The first-order chi connectivity index (χ1) is 9.56. The number of halogens is 2. The summed E-state index contributed by atoms with van der Waals surface area (Å²) in [5.74, 6) is 0.0993. The maximum absolute atomic E-state index is 13.0. The van der Waals surface area contributed by atoms with Crippen LogP contribution >= 0.6 is 15.9 Å². The minimum Gasteiger partial charge on any atom is -0.487 e. The third-order valence-electron chi connectivity index (χ3n) is 2.60. The summed E-state index contributed by atoms with van der Waals surface area (Å²) in [4.78, 5) is 11.1. The highest BCUT2D eigenvalue weighted by Crippen LogP contribution is 2.26. The van der Waals surface area contributed by atoms with Gasteiger partial charge in [0.1, 0.15) is 18.2 Å². The first-order valence-corrected chi connectivity index (χ1v) is 6.79. The lowest BCUT2D eigenvalue weighted by atomic mass is 10.2. The summed E-state index contributed by atoms with van der Waals surface area (Å²) in [6, 6.07) is 11.6. The number of anilines is 1. The monoisotopic (exact) mass is 337 g/mol. The van der Waals surface area contributed by atoms with Crippen molar-refractivity contribution < 1.29 is 13.9 Å². The fourth-order valence-corrected chi connectivity index (χ4v) is 2.14. The van der Waals surface area contributed by atoms with Gasteiger partial charge in [-0.2, -0.15) is 0 Å². The number of carbonyl (C=O) groups is 1. The van der Waals surface area contributed by atoms with E-state index >= 15 is 0 Å². The molecule has 2 aromatic rings. The van der Waals surface area contributed by atoms with Crippen molar-refractivity contribution in [2.45, 2.75) is 13.5 Å². The van der Waals surface area contributed by atoms with Crippen LogP contribution in [0, 0.1) is 5.82 Å². The molecule has 2 aromatic carbocycles. The molecule has 1 amide bonds. The molecule has 0 atom stereocenters. The van der Waals surface area contributed by atoms with Gasteiger partial charge in [-0.1, -0.05) is 34.1 Å². The van der Waals surface area contributed by atoms with Gasteiger partial charge in [0.2, 0.25) is 5.91 Å². The number of hydrogen-bond donors (Lipinski definition) is 1. The molecule has 0 radical (unpaired) electrons. The largest absolute Gasteiger partial charge is 0.487 e. The maximum Gasteiger partial charge on any atom is 0.221 e. The number of para-hydroxylation sites is 2. The summed E-state index contributed by atoms with van der Waals surface area (Å²) in [5.41, 5.74) is 1.43. The van der Waals surface area contributed by atoms with Crippen LogP contribution in [0.25, 0.3) is 0 Å². The van der Waals surface area contributed by atoms with Gasteiger partial charge in [-0.05, 0) is 24.3 Å². The van der Waals surface area contributed by atoms with Crippen molar-refractivity contribution in [2.75, 3.05) is 5.32 Å². The van der Waals surface area contributed by atoms with Gasteiger partial charge in [-0.15, -0.1) is 0 Å². The number of amides is 1. The van der Waals surface area contributed by atoms with Crippen molar-refractivity contribution in [3.8, 4) is 5.75 Å². The van der Waals surface area contributed by atoms with E-state index in [1.807, 2.05) is 12.1 Å². The van der Waals surface area contributed by atoms with E-state index in [0.717, 1.165) is 5.56 Å². The summed E-state index contributed by atoms with van der Waals surface area (Å²) < 4.78 is 19.3. The molecule has 0 aliphatic carbocycles. The molecule has 0 heterocycles. The van der Waals surface area contributed by atoms with E-state index in [4.69, 9.17) is 4.74 Å². The van der Waals surface area contributed by atoms with Gasteiger partial charge in [0.25, 0.3) is 0 Å². The van der Waals surface area contributed by atoms with E-state index in [2.05, 4.69) is 21.2 Å². The zero-order valence-corrected chi connectivity index (χ0v) is 12.4. The zero-order valence-electron chi connectivity index (χ0n) is 10.8. The zero-order chi connectivity index (χ0) is 14.5. The van der Waals surface area contributed by atoms with E-state index in [9.17, 15) is 9.18 Å². The second-order valence-corrected chi connectivity index (χ2v) is 5.06. The SMILES string of the molecule is CC(=O)Nc1ccccc1OCc1ccc(F)cc1Br. The number of rotatable bonds is 4. The standard InChI is InChI=1S/C15H13BrFNO2/c1-10(19)18-14-4-2-3-5-15(14)20-9-11-6-7-12(17)8-13(11)16/h2-8H,9H2,1H3,(H,18,19). The van der Waals surface area contributed by atoms with Gasteiger partial charge >= 0.3 is 0 Å². The van der Waals surface area contributed by atoms with Crippen molar-refractivity contribution in [2.24, 2.45) is 0 Å². The Morgan fingerprint density at radius 1 is 1.30 bits per heavy atom. The number of hydrogen-bond acceptors (Lipinski definition) is 2. The van der Waals surface area contributed by atoms with Crippen LogP contribution in [0.1, 0.15) is 12.5 Å². The Bertz CT molecular complexity index is 631. The van der Waals surface area contributed by atoms with Gasteiger partial charge in [-0.25, -0.2) is 4.39 Å². The Balaban J connectivity index is 2.12. The average molecular weight is 338 g/mol. The van der Waals surface area contributed by atoms with Crippen LogP contribution in [0.15, 0.2) is 46.9 Å². The molecule has 0 fully saturated rings. The molecule has 0 spiro atoms.